The molecule has 0 unspecified atom stereocenters. The van der Waals surface area contributed by atoms with Crippen LogP contribution < -0.4 is 15.5 Å². The Morgan fingerprint density at radius 3 is 2.34 bits per heavy atom. The molecule has 148 valence electrons. The van der Waals surface area contributed by atoms with Crippen molar-refractivity contribution in [2.75, 3.05) is 28.6 Å². The molecule has 0 aliphatic carbocycles. The molecule has 1 saturated heterocycles. The number of piperidine rings is 1. The van der Waals surface area contributed by atoms with Crippen LogP contribution in [0.1, 0.15) is 19.3 Å². The maximum atomic E-state index is 13.3. The van der Waals surface area contributed by atoms with Crippen molar-refractivity contribution in [1.82, 2.24) is 9.97 Å². The predicted octanol–water partition coefficient (Wildman–Crippen LogP) is 4.92. The van der Waals surface area contributed by atoms with Crippen LogP contribution in [0.2, 0.25) is 0 Å². The highest BCUT2D eigenvalue weighted by atomic mass is 19.1. The summed E-state index contributed by atoms with van der Waals surface area (Å²) in [6, 6.07) is 12.8. The van der Waals surface area contributed by atoms with Gasteiger partial charge in [-0.1, -0.05) is 18.2 Å². The molecule has 0 saturated carbocycles. The van der Waals surface area contributed by atoms with Crippen LogP contribution in [0, 0.1) is 5.82 Å². The Hall–Kier alpha value is -3.48. The normalized spacial score (nSPS) is 13.8. The van der Waals surface area contributed by atoms with Gasteiger partial charge in [0.05, 0.1) is 0 Å². The predicted molar refractivity (Wildman–Crippen MR) is 113 cm³/mol. The highest BCUT2D eigenvalue weighted by Crippen LogP contribution is 2.30. The molecule has 3 aromatic rings. The summed E-state index contributed by atoms with van der Waals surface area (Å²) in [4.78, 5) is 23.7. The van der Waals surface area contributed by atoms with E-state index in [0.29, 0.717) is 11.4 Å². The van der Waals surface area contributed by atoms with E-state index in [4.69, 9.17) is 0 Å². The number of anilines is 3. The summed E-state index contributed by atoms with van der Waals surface area (Å²) < 4.78 is 13.3. The summed E-state index contributed by atoms with van der Waals surface area (Å²) in [5.41, 5.74) is 2.68. The molecule has 4 rings (SSSR count). The van der Waals surface area contributed by atoms with E-state index in [9.17, 15) is 9.18 Å². The molecular weight excluding hydrogens is 369 g/mol. The minimum atomic E-state index is -0.442. The number of nitrogens with zero attached hydrogens (tertiary/aromatic N) is 3. The van der Waals surface area contributed by atoms with Gasteiger partial charge in [-0.25, -0.2) is 14.2 Å². The average Bonchev–Trinajstić information content (AvgIpc) is 2.74. The number of amides is 2. The van der Waals surface area contributed by atoms with E-state index in [1.165, 1.54) is 18.6 Å². The molecule has 0 bridgehead atoms. The Balaban J connectivity index is 1.53. The van der Waals surface area contributed by atoms with Gasteiger partial charge in [-0.15, -0.1) is 0 Å². The van der Waals surface area contributed by atoms with Crippen molar-refractivity contribution in [3.8, 4) is 11.3 Å². The minimum absolute atomic E-state index is 0.389. The van der Waals surface area contributed by atoms with Crippen molar-refractivity contribution in [3.05, 3.63) is 66.7 Å². The van der Waals surface area contributed by atoms with Crippen molar-refractivity contribution in [2.24, 2.45) is 0 Å². The number of benzene rings is 2. The van der Waals surface area contributed by atoms with E-state index < -0.39 is 11.8 Å². The van der Waals surface area contributed by atoms with E-state index >= 15 is 0 Å². The lowest BCUT2D eigenvalue weighted by atomic mass is 10.1. The molecule has 1 aliphatic rings. The zero-order valence-corrected chi connectivity index (χ0v) is 15.9. The number of halogens is 1. The maximum absolute atomic E-state index is 13.3. The zero-order chi connectivity index (χ0) is 20.1. The van der Waals surface area contributed by atoms with Gasteiger partial charge in [0.25, 0.3) is 0 Å². The number of rotatable bonds is 4. The van der Waals surface area contributed by atoms with Gasteiger partial charge in [-0.3, -0.25) is 4.98 Å². The van der Waals surface area contributed by atoms with Crippen LogP contribution in [0.25, 0.3) is 11.3 Å². The standard InChI is InChI=1S/C22H22FN5O/c23-17-7-5-9-19(15-17)27-22(29)26-18-8-4-6-16(14-18)20-21(25-11-10-24-20)28-12-2-1-3-13-28/h4-11,14-15H,1-3,12-13H2,(H2,26,27,29). The van der Waals surface area contributed by atoms with Crippen molar-refractivity contribution in [1.29, 1.82) is 0 Å². The minimum Gasteiger partial charge on any atom is -0.355 e. The first-order valence-electron chi connectivity index (χ1n) is 9.69. The molecule has 2 heterocycles. The van der Waals surface area contributed by atoms with Gasteiger partial charge < -0.3 is 15.5 Å². The van der Waals surface area contributed by atoms with Crippen molar-refractivity contribution in [2.45, 2.75) is 19.3 Å². The maximum Gasteiger partial charge on any atom is 0.323 e. The fraction of sp³-hybridized carbons (Fsp3) is 0.227. The second-order valence-electron chi connectivity index (χ2n) is 6.95. The van der Waals surface area contributed by atoms with Crippen LogP contribution >= 0.6 is 0 Å². The Bertz CT molecular complexity index is 1000. The number of carbonyl (C=O) groups excluding carboxylic acids is 1. The molecule has 0 atom stereocenters. The summed E-state index contributed by atoms with van der Waals surface area (Å²) in [6.07, 6.45) is 6.93. The Labute approximate surface area is 168 Å². The molecule has 1 aliphatic heterocycles. The first-order valence-corrected chi connectivity index (χ1v) is 9.69. The van der Waals surface area contributed by atoms with E-state index in [2.05, 4.69) is 25.5 Å². The molecule has 0 radical (unpaired) electrons. The highest BCUT2D eigenvalue weighted by Gasteiger charge is 2.18. The number of aromatic nitrogens is 2. The lowest BCUT2D eigenvalue weighted by Crippen LogP contribution is -2.30. The van der Waals surface area contributed by atoms with Gasteiger partial charge in [-0.05, 0) is 49.6 Å². The molecule has 0 spiro atoms. The van der Waals surface area contributed by atoms with Crippen LogP contribution in [0.5, 0.6) is 0 Å². The first kappa shape index (κ1) is 18.9. The van der Waals surface area contributed by atoms with Gasteiger partial charge in [0.2, 0.25) is 0 Å². The van der Waals surface area contributed by atoms with E-state index in [0.717, 1.165) is 43.0 Å². The number of urea groups is 1. The molecule has 29 heavy (non-hydrogen) atoms. The Kier molecular flexibility index (Phi) is 5.65. The molecule has 1 aromatic heterocycles. The molecule has 6 nitrogen and oxygen atoms in total. The number of carbonyl (C=O) groups is 1. The van der Waals surface area contributed by atoms with E-state index in [1.807, 2.05) is 18.2 Å². The molecule has 7 heteroatoms. The van der Waals surface area contributed by atoms with Gasteiger partial charge in [-0.2, -0.15) is 0 Å². The third-order valence-electron chi connectivity index (χ3n) is 4.81. The van der Waals surface area contributed by atoms with Crippen molar-refractivity contribution in [3.63, 3.8) is 0 Å². The third kappa shape index (κ3) is 4.68. The van der Waals surface area contributed by atoms with Crippen LogP contribution in [0.3, 0.4) is 0 Å². The largest absolute Gasteiger partial charge is 0.355 e. The third-order valence-corrected chi connectivity index (χ3v) is 4.81. The van der Waals surface area contributed by atoms with Crippen molar-refractivity contribution >= 4 is 23.2 Å². The summed E-state index contributed by atoms with van der Waals surface area (Å²) in [5.74, 6) is 0.464. The first-order chi connectivity index (χ1) is 14.2. The summed E-state index contributed by atoms with van der Waals surface area (Å²) in [7, 11) is 0. The second-order valence-corrected chi connectivity index (χ2v) is 6.95. The number of nitrogens with one attached hydrogen (secondary N) is 2. The smallest absolute Gasteiger partial charge is 0.323 e. The average molecular weight is 391 g/mol. The van der Waals surface area contributed by atoms with Crippen molar-refractivity contribution < 1.29 is 9.18 Å². The Morgan fingerprint density at radius 1 is 0.897 bits per heavy atom. The van der Waals surface area contributed by atoms with Crippen LogP contribution in [-0.4, -0.2) is 29.1 Å². The lowest BCUT2D eigenvalue weighted by Gasteiger charge is -2.28. The summed E-state index contributed by atoms with van der Waals surface area (Å²) in [5, 5.41) is 5.41. The molecular formula is C22H22FN5O. The van der Waals surface area contributed by atoms with E-state index in [1.54, 1.807) is 30.6 Å². The van der Waals surface area contributed by atoms with Gasteiger partial charge in [0, 0.05) is 42.4 Å². The SMILES string of the molecule is O=C(Nc1cccc(F)c1)Nc1cccc(-c2nccnc2N2CCCCC2)c1. The molecule has 2 amide bonds. The second kappa shape index (κ2) is 8.68. The zero-order valence-electron chi connectivity index (χ0n) is 15.9. The van der Waals surface area contributed by atoms with Crippen LogP contribution in [-0.2, 0) is 0 Å². The fourth-order valence-electron chi connectivity index (χ4n) is 3.48. The fourth-order valence-corrected chi connectivity index (χ4v) is 3.48. The van der Waals surface area contributed by atoms with Crippen LogP contribution in [0.15, 0.2) is 60.9 Å². The van der Waals surface area contributed by atoms with E-state index in [-0.39, 0.29) is 0 Å². The van der Waals surface area contributed by atoms with Gasteiger partial charge in [0.1, 0.15) is 11.5 Å². The quantitative estimate of drug-likeness (QED) is 0.662. The number of hydrogen-bond acceptors (Lipinski definition) is 4. The molecule has 2 N–H and O–H groups in total. The number of hydrogen-bond donors (Lipinski definition) is 2. The Morgan fingerprint density at radius 2 is 1.59 bits per heavy atom. The van der Waals surface area contributed by atoms with Crippen LogP contribution in [0.4, 0.5) is 26.4 Å². The lowest BCUT2D eigenvalue weighted by molar-refractivity contribution is 0.262. The highest BCUT2D eigenvalue weighted by molar-refractivity contribution is 6.00. The topological polar surface area (TPSA) is 70.1 Å². The molecule has 2 aromatic carbocycles. The monoisotopic (exact) mass is 391 g/mol. The summed E-state index contributed by atoms with van der Waals surface area (Å²) >= 11 is 0. The molecule has 1 fully saturated rings. The van der Waals surface area contributed by atoms with Gasteiger partial charge in [0.15, 0.2) is 5.82 Å². The van der Waals surface area contributed by atoms with Gasteiger partial charge >= 0.3 is 6.03 Å². The summed E-state index contributed by atoms with van der Waals surface area (Å²) in [6.45, 7) is 1.94.